The SMILES string of the molecule is CC#CCCN1C(=O)C(C)(C2CC2)NC(=O)C1C. The van der Waals surface area contributed by atoms with Gasteiger partial charge in [-0.1, -0.05) is 0 Å². The van der Waals surface area contributed by atoms with Gasteiger partial charge in [0.1, 0.15) is 11.6 Å². The van der Waals surface area contributed by atoms with Crippen LogP contribution in [0.15, 0.2) is 0 Å². The van der Waals surface area contributed by atoms with Crippen LogP contribution in [0.3, 0.4) is 0 Å². The highest BCUT2D eigenvalue weighted by atomic mass is 16.2. The number of nitrogens with one attached hydrogen (secondary N) is 1. The summed E-state index contributed by atoms with van der Waals surface area (Å²) in [6, 6.07) is -0.386. The minimum Gasteiger partial charge on any atom is -0.340 e. The van der Waals surface area contributed by atoms with Crippen molar-refractivity contribution < 1.29 is 9.59 Å². The number of carbonyl (C=O) groups is 2. The molecule has 0 aromatic heterocycles. The molecule has 4 heteroatoms. The van der Waals surface area contributed by atoms with Crippen molar-refractivity contribution in [3.8, 4) is 11.8 Å². The summed E-state index contributed by atoms with van der Waals surface area (Å²) in [4.78, 5) is 26.2. The molecule has 98 valence electrons. The smallest absolute Gasteiger partial charge is 0.249 e. The van der Waals surface area contributed by atoms with Gasteiger partial charge in [-0.25, -0.2) is 0 Å². The van der Waals surface area contributed by atoms with Crippen LogP contribution in [-0.2, 0) is 9.59 Å². The summed E-state index contributed by atoms with van der Waals surface area (Å²) in [5.41, 5.74) is -0.691. The second-order valence-corrected chi connectivity index (χ2v) is 5.32. The lowest BCUT2D eigenvalue weighted by atomic mass is 9.89. The lowest BCUT2D eigenvalue weighted by molar-refractivity contribution is -0.154. The number of hydrogen-bond donors (Lipinski definition) is 1. The van der Waals surface area contributed by atoms with Gasteiger partial charge in [0.25, 0.3) is 0 Å². The van der Waals surface area contributed by atoms with E-state index in [0.717, 1.165) is 12.8 Å². The molecule has 2 fully saturated rings. The highest BCUT2D eigenvalue weighted by Gasteiger charge is 2.54. The molecule has 1 aliphatic carbocycles. The Morgan fingerprint density at radius 2 is 2.11 bits per heavy atom. The first kappa shape index (κ1) is 12.9. The summed E-state index contributed by atoms with van der Waals surface area (Å²) in [7, 11) is 0. The average molecular weight is 248 g/mol. The molecular weight excluding hydrogens is 228 g/mol. The molecule has 0 aromatic carbocycles. The largest absolute Gasteiger partial charge is 0.340 e. The van der Waals surface area contributed by atoms with Crippen molar-refractivity contribution in [3.63, 3.8) is 0 Å². The molecule has 0 bridgehead atoms. The second kappa shape index (κ2) is 4.64. The molecule has 2 aliphatic rings. The van der Waals surface area contributed by atoms with Crippen LogP contribution < -0.4 is 5.32 Å². The summed E-state index contributed by atoms with van der Waals surface area (Å²) in [5.74, 6) is 6.07. The summed E-state index contributed by atoms with van der Waals surface area (Å²) in [5, 5.41) is 2.91. The molecule has 2 atom stereocenters. The van der Waals surface area contributed by atoms with Gasteiger partial charge in [0.2, 0.25) is 11.8 Å². The Kier molecular flexibility index (Phi) is 3.34. The first-order valence-corrected chi connectivity index (χ1v) is 6.53. The normalized spacial score (nSPS) is 31.7. The lowest BCUT2D eigenvalue weighted by Crippen LogP contribution is -2.69. The topological polar surface area (TPSA) is 49.4 Å². The fourth-order valence-electron chi connectivity index (χ4n) is 2.56. The predicted octanol–water partition coefficient (Wildman–Crippen LogP) is 0.915. The molecule has 0 spiro atoms. The van der Waals surface area contributed by atoms with Crippen molar-refractivity contribution in [2.45, 2.75) is 51.6 Å². The van der Waals surface area contributed by atoms with Crippen LogP contribution in [0, 0.1) is 17.8 Å². The monoisotopic (exact) mass is 248 g/mol. The first-order chi connectivity index (χ1) is 8.50. The van der Waals surface area contributed by atoms with Crippen molar-refractivity contribution in [2.75, 3.05) is 6.54 Å². The second-order valence-electron chi connectivity index (χ2n) is 5.32. The fraction of sp³-hybridized carbons (Fsp3) is 0.714. The molecule has 18 heavy (non-hydrogen) atoms. The molecule has 1 aliphatic heterocycles. The Morgan fingerprint density at radius 3 is 2.67 bits per heavy atom. The van der Waals surface area contributed by atoms with E-state index in [-0.39, 0.29) is 17.9 Å². The van der Waals surface area contributed by atoms with Gasteiger partial charge >= 0.3 is 0 Å². The van der Waals surface area contributed by atoms with Gasteiger partial charge in [0.15, 0.2) is 0 Å². The third-order valence-electron chi connectivity index (χ3n) is 3.98. The minimum absolute atomic E-state index is 0.0477. The van der Waals surface area contributed by atoms with Gasteiger partial charge < -0.3 is 10.2 Å². The summed E-state index contributed by atoms with van der Waals surface area (Å²) >= 11 is 0. The van der Waals surface area contributed by atoms with E-state index in [9.17, 15) is 9.59 Å². The third-order valence-corrected chi connectivity index (χ3v) is 3.98. The zero-order valence-corrected chi connectivity index (χ0v) is 11.2. The minimum atomic E-state index is -0.691. The molecular formula is C14H20N2O2. The van der Waals surface area contributed by atoms with Gasteiger partial charge in [-0.15, -0.1) is 11.8 Å². The van der Waals surface area contributed by atoms with E-state index in [0.29, 0.717) is 18.9 Å². The lowest BCUT2D eigenvalue weighted by Gasteiger charge is -2.43. The van der Waals surface area contributed by atoms with Crippen LogP contribution in [0.1, 0.15) is 40.0 Å². The molecule has 1 N–H and O–H groups in total. The number of hydrogen-bond acceptors (Lipinski definition) is 2. The fourth-order valence-corrected chi connectivity index (χ4v) is 2.56. The van der Waals surface area contributed by atoms with E-state index in [1.54, 1.807) is 18.7 Å². The highest BCUT2D eigenvalue weighted by Crippen LogP contribution is 2.42. The number of piperazine rings is 1. The van der Waals surface area contributed by atoms with E-state index < -0.39 is 5.54 Å². The zero-order chi connectivity index (χ0) is 13.3. The van der Waals surface area contributed by atoms with E-state index in [1.807, 2.05) is 6.92 Å². The molecule has 1 heterocycles. The summed E-state index contributed by atoms with van der Waals surface area (Å²) in [6.45, 7) is 5.95. The van der Waals surface area contributed by atoms with E-state index in [4.69, 9.17) is 0 Å². The number of amides is 2. The van der Waals surface area contributed by atoms with Gasteiger partial charge in [0, 0.05) is 13.0 Å². The number of rotatable bonds is 3. The maximum absolute atomic E-state index is 12.5. The van der Waals surface area contributed by atoms with E-state index >= 15 is 0 Å². The number of nitrogens with zero attached hydrogens (tertiary/aromatic N) is 1. The van der Waals surface area contributed by atoms with Gasteiger partial charge in [-0.3, -0.25) is 9.59 Å². The van der Waals surface area contributed by atoms with Crippen LogP contribution in [0.25, 0.3) is 0 Å². The van der Waals surface area contributed by atoms with Crippen molar-refractivity contribution in [2.24, 2.45) is 5.92 Å². The Morgan fingerprint density at radius 1 is 1.44 bits per heavy atom. The third kappa shape index (κ3) is 2.10. The highest BCUT2D eigenvalue weighted by molar-refractivity contribution is 5.99. The Bertz CT molecular complexity index is 431. The van der Waals surface area contributed by atoms with Crippen molar-refractivity contribution in [1.29, 1.82) is 0 Å². The van der Waals surface area contributed by atoms with Crippen LogP contribution in [0.5, 0.6) is 0 Å². The van der Waals surface area contributed by atoms with E-state index in [1.165, 1.54) is 0 Å². The first-order valence-electron chi connectivity index (χ1n) is 6.53. The van der Waals surface area contributed by atoms with Gasteiger partial charge in [-0.05, 0) is 39.5 Å². The standard InChI is InChI=1S/C14H20N2O2/c1-4-5-6-9-16-10(2)12(17)15-14(3,13(16)18)11-7-8-11/h10-11H,6-9H2,1-3H3,(H,15,17). The van der Waals surface area contributed by atoms with Crippen LogP contribution in [-0.4, -0.2) is 34.8 Å². The molecule has 2 rings (SSSR count). The van der Waals surface area contributed by atoms with Crippen molar-refractivity contribution >= 4 is 11.8 Å². The number of carbonyl (C=O) groups excluding carboxylic acids is 2. The summed E-state index contributed by atoms with van der Waals surface area (Å²) in [6.07, 6.45) is 2.68. The van der Waals surface area contributed by atoms with Crippen molar-refractivity contribution in [1.82, 2.24) is 10.2 Å². The Labute approximate surface area is 108 Å². The quantitative estimate of drug-likeness (QED) is 0.755. The summed E-state index contributed by atoms with van der Waals surface area (Å²) < 4.78 is 0. The molecule has 4 nitrogen and oxygen atoms in total. The molecule has 2 unspecified atom stereocenters. The molecule has 0 aromatic rings. The molecule has 0 radical (unpaired) electrons. The predicted molar refractivity (Wildman–Crippen MR) is 68.5 cm³/mol. The van der Waals surface area contributed by atoms with Crippen LogP contribution in [0.2, 0.25) is 0 Å². The zero-order valence-electron chi connectivity index (χ0n) is 11.2. The Hall–Kier alpha value is -1.50. The maximum atomic E-state index is 12.5. The van der Waals surface area contributed by atoms with E-state index in [2.05, 4.69) is 17.2 Å². The van der Waals surface area contributed by atoms with Gasteiger partial charge in [0.05, 0.1) is 0 Å². The van der Waals surface area contributed by atoms with Crippen LogP contribution >= 0.6 is 0 Å². The van der Waals surface area contributed by atoms with Gasteiger partial charge in [-0.2, -0.15) is 0 Å². The Balaban J connectivity index is 2.16. The molecule has 1 saturated carbocycles. The molecule has 1 saturated heterocycles. The van der Waals surface area contributed by atoms with Crippen LogP contribution in [0.4, 0.5) is 0 Å². The maximum Gasteiger partial charge on any atom is 0.249 e. The average Bonchev–Trinajstić information content (AvgIpc) is 3.15. The molecule has 2 amide bonds. The van der Waals surface area contributed by atoms with Crippen molar-refractivity contribution in [3.05, 3.63) is 0 Å².